The van der Waals surface area contributed by atoms with E-state index in [-0.39, 0.29) is 5.84 Å². The number of anilines is 1. The molecule has 0 fully saturated rings. The van der Waals surface area contributed by atoms with Gasteiger partial charge < -0.3 is 5.32 Å². The number of amides is 1. The van der Waals surface area contributed by atoms with Gasteiger partial charge in [0.25, 0.3) is 5.91 Å². The molecule has 0 unspecified atom stereocenters. The van der Waals surface area contributed by atoms with Crippen molar-refractivity contribution in [1.82, 2.24) is 5.32 Å². The summed E-state index contributed by atoms with van der Waals surface area (Å²) >= 11 is 6.05. The van der Waals surface area contributed by atoms with E-state index in [1.54, 1.807) is 30.3 Å². The molecule has 5 nitrogen and oxygen atoms in total. The average Bonchev–Trinajstić information content (AvgIpc) is 2.86. The molecule has 1 heterocycles. The van der Waals surface area contributed by atoms with Crippen LogP contribution in [0.15, 0.2) is 54.6 Å². The first kappa shape index (κ1) is 14.8. The second-order valence-electron chi connectivity index (χ2n) is 4.83. The average molecular weight is 323 g/mol. The van der Waals surface area contributed by atoms with Crippen molar-refractivity contribution in [3.05, 3.63) is 70.8 Å². The lowest BCUT2D eigenvalue weighted by Gasteiger charge is -2.13. The van der Waals surface area contributed by atoms with E-state index < -0.39 is 5.91 Å². The maximum atomic E-state index is 12.5. The number of carbonyl (C=O) groups excluding carboxylic acids is 1. The lowest BCUT2D eigenvalue weighted by Crippen LogP contribution is -2.25. The zero-order valence-corrected chi connectivity index (χ0v) is 12.6. The minimum atomic E-state index is -0.535. The number of hydrogen-bond donors (Lipinski definition) is 2. The molecule has 112 valence electrons. The lowest BCUT2D eigenvalue weighted by molar-refractivity contribution is -0.113. The van der Waals surface area contributed by atoms with Gasteiger partial charge in [-0.3, -0.25) is 10.2 Å². The maximum absolute atomic E-state index is 12.5. The summed E-state index contributed by atoms with van der Waals surface area (Å²) < 4.78 is 0. The standard InChI is InChI=1S/C17H11ClN4O/c18-13-7-3-4-8-15(13)22(10-19)16(23)9-14-11-5-1-2-6-12(11)17(20)21-14/h1-9H,(H2,20,21)/b14-9-. The topological polar surface area (TPSA) is 80.0 Å². The van der Waals surface area contributed by atoms with Crippen LogP contribution in [0.5, 0.6) is 0 Å². The summed E-state index contributed by atoms with van der Waals surface area (Å²) in [4.78, 5) is 13.4. The summed E-state index contributed by atoms with van der Waals surface area (Å²) in [6.07, 6.45) is 3.14. The molecular weight excluding hydrogens is 312 g/mol. The van der Waals surface area contributed by atoms with Gasteiger partial charge in [-0.1, -0.05) is 48.0 Å². The SMILES string of the molecule is N#CN(C(=O)/C=C1\NC(=N)c2ccccc21)c1ccccc1Cl. The van der Waals surface area contributed by atoms with E-state index in [0.29, 0.717) is 22.0 Å². The molecule has 1 aliphatic heterocycles. The Morgan fingerprint density at radius 1 is 1.17 bits per heavy atom. The van der Waals surface area contributed by atoms with Crippen molar-refractivity contribution in [2.75, 3.05) is 4.90 Å². The van der Waals surface area contributed by atoms with E-state index in [0.717, 1.165) is 10.5 Å². The van der Waals surface area contributed by atoms with Crippen LogP contribution < -0.4 is 10.2 Å². The van der Waals surface area contributed by atoms with E-state index >= 15 is 0 Å². The second kappa shape index (κ2) is 5.95. The monoisotopic (exact) mass is 322 g/mol. The predicted molar refractivity (Wildman–Crippen MR) is 88.9 cm³/mol. The Kier molecular flexibility index (Phi) is 3.83. The Morgan fingerprint density at radius 3 is 2.52 bits per heavy atom. The molecule has 2 N–H and O–H groups in total. The Balaban J connectivity index is 1.97. The fourth-order valence-corrected chi connectivity index (χ4v) is 2.58. The molecule has 2 aromatic rings. The predicted octanol–water partition coefficient (Wildman–Crippen LogP) is 3.12. The molecule has 0 aromatic heterocycles. The largest absolute Gasteiger partial charge is 0.340 e. The summed E-state index contributed by atoms with van der Waals surface area (Å²) in [6, 6.07) is 13.9. The van der Waals surface area contributed by atoms with Crippen LogP contribution in [0.3, 0.4) is 0 Å². The number of nitriles is 1. The van der Waals surface area contributed by atoms with Gasteiger partial charge in [-0.15, -0.1) is 0 Å². The van der Waals surface area contributed by atoms with Gasteiger partial charge in [0, 0.05) is 17.2 Å². The number of carbonyl (C=O) groups is 1. The molecule has 0 atom stereocenters. The van der Waals surface area contributed by atoms with Crippen molar-refractivity contribution < 1.29 is 4.79 Å². The first-order chi connectivity index (χ1) is 11.1. The van der Waals surface area contributed by atoms with Crippen LogP contribution in [0.4, 0.5) is 5.69 Å². The van der Waals surface area contributed by atoms with Crippen LogP contribution in [-0.2, 0) is 4.79 Å². The Labute approximate surface area is 137 Å². The molecule has 1 aliphatic rings. The number of rotatable bonds is 2. The smallest absolute Gasteiger partial charge is 0.266 e. The highest BCUT2D eigenvalue weighted by atomic mass is 35.5. The van der Waals surface area contributed by atoms with Gasteiger partial charge in [0.05, 0.1) is 16.4 Å². The number of halogens is 1. The number of para-hydroxylation sites is 1. The summed E-state index contributed by atoms with van der Waals surface area (Å²) in [5.41, 5.74) is 2.28. The summed E-state index contributed by atoms with van der Waals surface area (Å²) in [6.45, 7) is 0. The van der Waals surface area contributed by atoms with Crippen LogP contribution in [0, 0.1) is 16.9 Å². The van der Waals surface area contributed by atoms with Gasteiger partial charge >= 0.3 is 0 Å². The molecule has 0 spiro atoms. The molecule has 0 saturated heterocycles. The molecule has 1 amide bonds. The third-order valence-corrected chi connectivity index (χ3v) is 3.75. The Hall–Kier alpha value is -3.10. The summed E-state index contributed by atoms with van der Waals surface area (Å²) in [5.74, 6) is -0.312. The van der Waals surface area contributed by atoms with Crippen molar-refractivity contribution in [3.8, 4) is 6.19 Å². The van der Waals surface area contributed by atoms with E-state index in [9.17, 15) is 10.1 Å². The highest BCUT2D eigenvalue weighted by molar-refractivity contribution is 6.34. The Bertz CT molecular complexity index is 882. The molecule has 23 heavy (non-hydrogen) atoms. The quantitative estimate of drug-likeness (QED) is 0.506. The first-order valence-corrected chi connectivity index (χ1v) is 7.15. The zero-order valence-electron chi connectivity index (χ0n) is 11.9. The minimum absolute atomic E-state index is 0.223. The number of benzene rings is 2. The van der Waals surface area contributed by atoms with E-state index in [1.807, 2.05) is 24.4 Å². The summed E-state index contributed by atoms with van der Waals surface area (Å²) in [7, 11) is 0. The first-order valence-electron chi connectivity index (χ1n) is 6.77. The van der Waals surface area contributed by atoms with E-state index in [1.165, 1.54) is 6.08 Å². The number of nitrogens with one attached hydrogen (secondary N) is 2. The second-order valence-corrected chi connectivity index (χ2v) is 5.24. The number of hydrogen-bond acceptors (Lipinski definition) is 3. The molecule has 2 aromatic carbocycles. The van der Waals surface area contributed by atoms with Gasteiger partial charge in [-0.25, -0.2) is 4.90 Å². The van der Waals surface area contributed by atoms with Gasteiger partial charge in [0.2, 0.25) is 0 Å². The molecule has 3 rings (SSSR count). The van der Waals surface area contributed by atoms with Crippen LogP contribution >= 0.6 is 11.6 Å². The Morgan fingerprint density at radius 2 is 1.83 bits per heavy atom. The molecule has 0 aliphatic carbocycles. The normalized spacial score (nSPS) is 14.1. The number of amidine groups is 1. The van der Waals surface area contributed by atoms with Gasteiger partial charge in [-0.2, -0.15) is 5.26 Å². The molecular formula is C17H11ClN4O. The van der Waals surface area contributed by atoms with Crippen molar-refractivity contribution in [2.45, 2.75) is 0 Å². The van der Waals surface area contributed by atoms with Crippen LogP contribution in [0.1, 0.15) is 11.1 Å². The van der Waals surface area contributed by atoms with Gasteiger partial charge in [0.1, 0.15) is 5.84 Å². The highest BCUT2D eigenvalue weighted by Crippen LogP contribution is 2.27. The third kappa shape index (κ3) is 2.68. The van der Waals surface area contributed by atoms with Crippen molar-refractivity contribution in [2.24, 2.45) is 0 Å². The number of fused-ring (bicyclic) bond motifs is 1. The van der Waals surface area contributed by atoms with Crippen LogP contribution in [0.2, 0.25) is 5.02 Å². The third-order valence-electron chi connectivity index (χ3n) is 3.43. The number of nitrogens with zero attached hydrogens (tertiary/aromatic N) is 2. The molecule has 0 bridgehead atoms. The van der Waals surface area contributed by atoms with Gasteiger partial charge in [-0.05, 0) is 12.1 Å². The van der Waals surface area contributed by atoms with E-state index in [4.69, 9.17) is 17.0 Å². The molecule has 0 radical (unpaired) electrons. The summed E-state index contributed by atoms with van der Waals surface area (Å²) in [5, 5.41) is 20.4. The van der Waals surface area contributed by atoms with Crippen molar-refractivity contribution >= 4 is 34.7 Å². The molecule has 6 heteroatoms. The molecule has 0 saturated carbocycles. The van der Waals surface area contributed by atoms with Crippen molar-refractivity contribution in [1.29, 1.82) is 10.7 Å². The lowest BCUT2D eigenvalue weighted by atomic mass is 10.1. The van der Waals surface area contributed by atoms with Crippen LogP contribution in [0.25, 0.3) is 5.70 Å². The van der Waals surface area contributed by atoms with Gasteiger partial charge in [0.15, 0.2) is 6.19 Å². The van der Waals surface area contributed by atoms with E-state index in [2.05, 4.69) is 5.32 Å². The minimum Gasteiger partial charge on any atom is -0.340 e. The maximum Gasteiger partial charge on any atom is 0.266 e. The fourth-order valence-electron chi connectivity index (χ4n) is 2.36. The van der Waals surface area contributed by atoms with Crippen molar-refractivity contribution in [3.63, 3.8) is 0 Å². The zero-order chi connectivity index (χ0) is 16.4. The fraction of sp³-hybridized carbons (Fsp3) is 0. The van der Waals surface area contributed by atoms with Crippen LogP contribution in [-0.4, -0.2) is 11.7 Å². The highest BCUT2D eigenvalue weighted by Gasteiger charge is 2.23.